The lowest BCUT2D eigenvalue weighted by Crippen LogP contribution is -2.37. The topological polar surface area (TPSA) is 163 Å². The number of aliphatic hydroxyl groups is 1. The van der Waals surface area contributed by atoms with Crippen LogP contribution in [-0.4, -0.2) is 45.3 Å². The van der Waals surface area contributed by atoms with Crippen LogP contribution < -0.4 is 9.13 Å². The Morgan fingerprint density at radius 1 is 0.559 bits per heavy atom. The zero-order valence-corrected chi connectivity index (χ0v) is 38.7. The maximum absolute atomic E-state index is 17.8. The Labute approximate surface area is 391 Å². The number of H-pyrrole nitrogens is 2. The van der Waals surface area contributed by atoms with Gasteiger partial charge in [-0.3, -0.25) is 19.9 Å². The van der Waals surface area contributed by atoms with Crippen molar-refractivity contribution in [3.63, 3.8) is 0 Å². The molecule has 2 aliphatic carbocycles. The monoisotopic (exact) mass is 906 g/mol. The summed E-state index contributed by atoms with van der Waals surface area (Å²) in [7, 11) is 4.06. The van der Waals surface area contributed by atoms with Crippen LogP contribution in [-0.2, 0) is 25.4 Å². The van der Waals surface area contributed by atoms with Crippen LogP contribution in [0.5, 0.6) is 0 Å². The molecule has 0 radical (unpaired) electrons. The number of aromatic amines is 2. The zero-order valence-electron chi connectivity index (χ0n) is 38.7. The van der Waals surface area contributed by atoms with Gasteiger partial charge < -0.3 is 14.2 Å². The largest absolute Gasteiger partial charge is 0.373 e. The van der Waals surface area contributed by atoms with Crippen LogP contribution in [0.4, 0.5) is 4.39 Å². The molecule has 340 valence electrons. The fraction of sp³-hybridized carbons (Fsp3) is 0.259. The second-order valence-electron chi connectivity index (χ2n) is 18.2. The van der Waals surface area contributed by atoms with E-state index in [-0.39, 0.29) is 0 Å². The number of hydrogen-bond donors (Lipinski definition) is 3. The molecular weight excluding hydrogens is 856 g/mol. The Bertz CT molecular complexity index is 3120. The molecule has 14 heteroatoms. The first-order valence-corrected chi connectivity index (χ1v) is 23.0. The van der Waals surface area contributed by atoms with Gasteiger partial charge >= 0.3 is 0 Å². The van der Waals surface area contributed by atoms with E-state index in [0.717, 1.165) is 98.8 Å². The molecule has 2 saturated carbocycles. The molecule has 8 heterocycles. The first kappa shape index (κ1) is 42.9. The molecule has 0 unspecified atom stereocenters. The third-order valence-electron chi connectivity index (χ3n) is 13.6. The van der Waals surface area contributed by atoms with Gasteiger partial charge in [-0.1, -0.05) is 34.6 Å². The van der Waals surface area contributed by atoms with E-state index >= 15 is 4.39 Å². The Hall–Kier alpha value is -7.71. The molecule has 3 N–H and O–H groups in total. The normalized spacial score (nSPS) is 14.1. The van der Waals surface area contributed by atoms with Crippen LogP contribution in [0.2, 0.25) is 0 Å². The molecule has 0 bridgehead atoms. The van der Waals surface area contributed by atoms with Gasteiger partial charge in [-0.05, 0) is 137 Å². The number of hydrogen-bond acceptors (Lipinski definition) is 9. The molecule has 0 spiro atoms. The number of alkyl halides is 1. The molecule has 12 rings (SSSR count). The predicted octanol–water partition coefficient (Wildman–Crippen LogP) is 9.41. The number of aryl methyl sites for hydroxylation is 6. The van der Waals surface area contributed by atoms with E-state index in [2.05, 4.69) is 68.5 Å². The summed E-state index contributed by atoms with van der Waals surface area (Å²) in [5.74, 6) is 4.67. The van der Waals surface area contributed by atoms with Crippen molar-refractivity contribution in [2.24, 2.45) is 14.1 Å². The summed E-state index contributed by atoms with van der Waals surface area (Å²) in [4.78, 5) is 25.3. The maximum atomic E-state index is 17.8. The van der Waals surface area contributed by atoms with Crippen molar-refractivity contribution in [2.45, 2.75) is 76.5 Å². The fourth-order valence-corrected chi connectivity index (χ4v) is 10.1. The van der Waals surface area contributed by atoms with Gasteiger partial charge in [-0.15, -0.1) is 0 Å². The number of halogens is 1. The molecule has 0 saturated heterocycles. The van der Waals surface area contributed by atoms with Gasteiger partial charge in [-0.2, -0.15) is 0 Å². The summed E-state index contributed by atoms with van der Waals surface area (Å²) < 4.78 is 33.0. The molecule has 2 aromatic carbocycles. The number of imidazole rings is 2. The van der Waals surface area contributed by atoms with Crippen molar-refractivity contribution in [1.29, 1.82) is 0 Å². The van der Waals surface area contributed by atoms with Crippen LogP contribution in [0.15, 0.2) is 131 Å². The average Bonchev–Trinajstić information content (AvgIpc) is 4.29. The highest BCUT2D eigenvalue weighted by Crippen LogP contribution is 2.46. The lowest BCUT2D eigenvalue weighted by atomic mass is 9.83. The van der Waals surface area contributed by atoms with Gasteiger partial charge in [-0.25, -0.2) is 23.5 Å². The molecule has 2 fully saturated rings. The Balaban J connectivity index is 0.000000149. The van der Waals surface area contributed by atoms with Gasteiger partial charge in [0.15, 0.2) is 27.7 Å². The smallest absolute Gasteiger partial charge is 0.258 e. The molecule has 68 heavy (non-hydrogen) atoms. The summed E-state index contributed by atoms with van der Waals surface area (Å²) in [5, 5.41) is 20.9. The average molecular weight is 907 g/mol. The highest BCUT2D eigenvalue weighted by Gasteiger charge is 2.46. The third kappa shape index (κ3) is 7.09. The van der Waals surface area contributed by atoms with Crippen molar-refractivity contribution in [3.05, 3.63) is 190 Å². The minimum absolute atomic E-state index is 0.292. The lowest BCUT2D eigenvalue weighted by molar-refractivity contribution is -0.653. The third-order valence-corrected chi connectivity index (χ3v) is 13.6. The van der Waals surface area contributed by atoms with Gasteiger partial charge in [0.1, 0.15) is 11.5 Å². The summed E-state index contributed by atoms with van der Waals surface area (Å²) in [6.45, 7) is 7.63. The Morgan fingerprint density at radius 2 is 0.941 bits per heavy atom. The first-order valence-electron chi connectivity index (χ1n) is 23.0. The standard InChI is InChI=1S/C27H24FN5O.C27H25N5O2/c1-16-24(17(2)34-32-16)19-14-20(25-21(15-19)31-26(33(25)3)18-10-11-18)27(28,22-8-4-6-12-29-22)23-9-5-7-13-30-23;1-16-24(17(2)34-31-16)19-14-20(25-21(15-19)30-26(32(25)3)18-10-11-18)27(33,22-8-4-6-12-28-22)23-9-5-7-13-29-23/h4-9,12-15,18H,10-11H2,1-3H3;4-9,12-15,18,33H,10-11H2,1-3H3/p+2. The quantitative estimate of drug-likeness (QED) is 0.114. The minimum Gasteiger partial charge on any atom is -0.373 e. The van der Waals surface area contributed by atoms with Crippen LogP contribution >= 0.6 is 0 Å². The molecule has 8 aromatic heterocycles. The van der Waals surface area contributed by atoms with Crippen molar-refractivity contribution in [1.82, 2.24) is 40.2 Å². The second kappa shape index (κ2) is 16.6. The van der Waals surface area contributed by atoms with Crippen molar-refractivity contribution in [2.75, 3.05) is 0 Å². The highest BCUT2D eigenvalue weighted by atomic mass is 19.1. The Kier molecular flexibility index (Phi) is 10.4. The summed E-state index contributed by atoms with van der Waals surface area (Å²) in [6.07, 6.45) is 11.2. The molecule has 10 aromatic rings. The van der Waals surface area contributed by atoms with Crippen molar-refractivity contribution < 1.29 is 27.7 Å². The van der Waals surface area contributed by atoms with E-state index in [9.17, 15) is 5.11 Å². The Morgan fingerprint density at radius 3 is 1.29 bits per heavy atom. The van der Waals surface area contributed by atoms with E-state index in [4.69, 9.17) is 9.05 Å². The van der Waals surface area contributed by atoms with Crippen LogP contribution in [0, 0.1) is 27.7 Å². The molecule has 2 aliphatic rings. The van der Waals surface area contributed by atoms with E-state index in [1.54, 1.807) is 49.1 Å². The summed E-state index contributed by atoms with van der Waals surface area (Å²) in [6, 6.07) is 29.9. The van der Waals surface area contributed by atoms with Crippen LogP contribution in [0.1, 0.15) is 106 Å². The molecule has 13 nitrogen and oxygen atoms in total. The number of rotatable bonds is 10. The lowest BCUT2D eigenvalue weighted by Gasteiger charge is -2.28. The van der Waals surface area contributed by atoms with E-state index in [1.165, 1.54) is 0 Å². The predicted molar refractivity (Wildman–Crippen MR) is 253 cm³/mol. The van der Waals surface area contributed by atoms with Crippen LogP contribution in [0.25, 0.3) is 44.3 Å². The van der Waals surface area contributed by atoms with Gasteiger partial charge in [0, 0.05) is 41.5 Å². The SMILES string of the molecule is Cc1noc(C)c1-c1cc(C(F)(c2ccccn2)c2ccccn2)c2c(c1)[nH]c(C1CC1)[n+]2C.Cc1noc(C)c1-c1cc(C(O)(c2ccccn2)c2ccccn2)c2c(c1)[nH]c(C1CC1)[n+]2C. The first-order chi connectivity index (χ1) is 33.0. The van der Waals surface area contributed by atoms with E-state index in [0.29, 0.717) is 51.5 Å². The van der Waals surface area contributed by atoms with Crippen LogP contribution in [0.3, 0.4) is 0 Å². The highest BCUT2D eigenvalue weighted by molar-refractivity contribution is 5.87. The van der Waals surface area contributed by atoms with E-state index < -0.39 is 11.3 Å². The van der Waals surface area contributed by atoms with Crippen molar-refractivity contribution in [3.8, 4) is 22.3 Å². The zero-order chi connectivity index (χ0) is 46.9. The fourth-order valence-electron chi connectivity index (χ4n) is 10.1. The second-order valence-corrected chi connectivity index (χ2v) is 18.2. The maximum Gasteiger partial charge on any atom is 0.258 e. The summed E-state index contributed by atoms with van der Waals surface area (Å²) in [5.41, 5.74) is 7.85. The summed E-state index contributed by atoms with van der Waals surface area (Å²) >= 11 is 0. The number of nitrogens with zero attached hydrogens (tertiary/aromatic N) is 8. The number of nitrogens with one attached hydrogen (secondary N) is 2. The van der Waals surface area contributed by atoms with Gasteiger partial charge in [0.05, 0.1) is 65.7 Å². The molecular formula is C54H51FN10O3+2. The number of pyridine rings is 4. The number of aromatic nitrogens is 10. The number of fused-ring (bicyclic) bond motifs is 2. The minimum atomic E-state index is -2.07. The van der Waals surface area contributed by atoms with Crippen molar-refractivity contribution >= 4 is 22.1 Å². The molecule has 0 atom stereocenters. The molecule has 0 amide bonds. The van der Waals surface area contributed by atoms with Gasteiger partial charge in [0.25, 0.3) is 11.6 Å². The number of benzene rings is 2. The van der Waals surface area contributed by atoms with Gasteiger partial charge in [0.2, 0.25) is 5.67 Å². The molecule has 0 aliphatic heterocycles. The van der Waals surface area contributed by atoms with E-state index in [1.807, 2.05) is 95.4 Å².